The lowest BCUT2D eigenvalue weighted by Crippen LogP contribution is -2.21. The van der Waals surface area contributed by atoms with Gasteiger partial charge in [0.25, 0.3) is 0 Å². The summed E-state index contributed by atoms with van der Waals surface area (Å²) in [6.07, 6.45) is 4.37. The lowest BCUT2D eigenvalue weighted by molar-refractivity contribution is 0.0372. The fourth-order valence-corrected chi connectivity index (χ4v) is 1.63. The highest BCUT2D eigenvalue weighted by Gasteiger charge is 2.05. The van der Waals surface area contributed by atoms with Crippen LogP contribution in [0.2, 0.25) is 0 Å². The van der Waals surface area contributed by atoms with Crippen molar-refractivity contribution in [2.45, 2.75) is 65.8 Å². The van der Waals surface area contributed by atoms with E-state index in [1.165, 1.54) is 5.56 Å². The van der Waals surface area contributed by atoms with Gasteiger partial charge in [-0.1, -0.05) is 27.2 Å². The lowest BCUT2D eigenvalue weighted by Gasteiger charge is -2.09. The lowest BCUT2D eigenvalue weighted by atomic mass is 10.2. The summed E-state index contributed by atoms with van der Waals surface area (Å²) in [5.74, 6) is 0.911. The number of nitrogens with one attached hydrogen (secondary N) is 1. The van der Waals surface area contributed by atoms with Gasteiger partial charge in [-0.2, -0.15) is 0 Å². The topological polar surface area (TPSA) is 34.4 Å². The molecular weight excluding hydrogens is 214 g/mol. The van der Waals surface area contributed by atoms with E-state index in [-0.39, 0.29) is 0 Å². The monoisotopic (exact) mass is 239 g/mol. The van der Waals surface area contributed by atoms with Crippen molar-refractivity contribution in [3.8, 4) is 0 Å². The first-order valence-corrected chi connectivity index (χ1v) is 6.53. The van der Waals surface area contributed by atoms with E-state index < -0.39 is 0 Å². The van der Waals surface area contributed by atoms with E-state index in [1.807, 2.05) is 0 Å². The summed E-state index contributed by atoms with van der Waals surface area (Å²) < 4.78 is 11.2. The number of furan rings is 1. The van der Waals surface area contributed by atoms with E-state index in [0.29, 0.717) is 18.8 Å². The van der Waals surface area contributed by atoms with Crippen LogP contribution in [0, 0.1) is 0 Å². The van der Waals surface area contributed by atoms with Crippen LogP contribution in [0.25, 0.3) is 0 Å². The molecule has 0 aliphatic carbocycles. The van der Waals surface area contributed by atoms with E-state index in [4.69, 9.17) is 9.15 Å². The highest BCUT2D eigenvalue weighted by atomic mass is 16.5. The van der Waals surface area contributed by atoms with Gasteiger partial charge in [-0.05, 0) is 19.4 Å². The molecule has 98 valence electrons. The third-order valence-corrected chi connectivity index (χ3v) is 2.63. The Hall–Kier alpha value is -0.800. The first-order valence-electron chi connectivity index (χ1n) is 6.53. The smallest absolute Gasteiger partial charge is 0.129 e. The van der Waals surface area contributed by atoms with Crippen LogP contribution in [0.15, 0.2) is 16.7 Å². The van der Waals surface area contributed by atoms with Crippen molar-refractivity contribution in [1.82, 2.24) is 5.32 Å². The molecule has 3 heteroatoms. The zero-order valence-electron chi connectivity index (χ0n) is 11.5. The molecule has 1 atom stereocenters. The van der Waals surface area contributed by atoms with E-state index in [9.17, 15) is 0 Å². The Bertz CT molecular complexity index is 307. The molecule has 0 aliphatic rings. The van der Waals surface area contributed by atoms with Crippen LogP contribution in [0.1, 0.15) is 51.9 Å². The molecule has 0 saturated carbocycles. The molecule has 1 N–H and O–H groups in total. The van der Waals surface area contributed by atoms with Gasteiger partial charge in [0.15, 0.2) is 0 Å². The van der Waals surface area contributed by atoms with Crippen molar-refractivity contribution in [2.24, 2.45) is 0 Å². The van der Waals surface area contributed by atoms with E-state index in [2.05, 4.69) is 39.1 Å². The Kier molecular flexibility index (Phi) is 6.30. The molecule has 17 heavy (non-hydrogen) atoms. The van der Waals surface area contributed by atoms with Crippen LogP contribution >= 0.6 is 0 Å². The van der Waals surface area contributed by atoms with E-state index >= 15 is 0 Å². The van der Waals surface area contributed by atoms with Crippen LogP contribution in [0.4, 0.5) is 0 Å². The van der Waals surface area contributed by atoms with Crippen molar-refractivity contribution in [1.29, 1.82) is 0 Å². The standard InChI is InChI=1S/C14H25NO2/c1-5-6-12(4)16-10-14-7-13(9-17-14)8-15-11(2)3/h7,9,11-12,15H,5-6,8,10H2,1-4H3. The van der Waals surface area contributed by atoms with Crippen LogP contribution in [0.5, 0.6) is 0 Å². The van der Waals surface area contributed by atoms with Gasteiger partial charge in [-0.25, -0.2) is 0 Å². The molecule has 1 heterocycles. The minimum Gasteiger partial charge on any atom is -0.467 e. The molecule has 1 aromatic rings. The molecule has 3 nitrogen and oxygen atoms in total. The van der Waals surface area contributed by atoms with Crippen LogP contribution in [-0.4, -0.2) is 12.1 Å². The molecule has 0 bridgehead atoms. The zero-order chi connectivity index (χ0) is 12.7. The van der Waals surface area contributed by atoms with Gasteiger partial charge < -0.3 is 14.5 Å². The minimum atomic E-state index is 0.308. The Morgan fingerprint density at radius 3 is 2.76 bits per heavy atom. The van der Waals surface area contributed by atoms with Gasteiger partial charge in [0.05, 0.1) is 12.4 Å². The second-order valence-corrected chi connectivity index (χ2v) is 4.87. The number of hydrogen-bond donors (Lipinski definition) is 1. The molecule has 0 spiro atoms. The summed E-state index contributed by atoms with van der Waals surface area (Å²) in [5.41, 5.74) is 1.18. The molecule has 0 amide bonds. The first-order chi connectivity index (χ1) is 8.11. The zero-order valence-corrected chi connectivity index (χ0v) is 11.5. The van der Waals surface area contributed by atoms with Crippen LogP contribution < -0.4 is 5.32 Å². The van der Waals surface area contributed by atoms with Crippen LogP contribution in [-0.2, 0) is 17.9 Å². The van der Waals surface area contributed by atoms with E-state index in [0.717, 1.165) is 25.1 Å². The molecular formula is C14H25NO2. The second-order valence-electron chi connectivity index (χ2n) is 4.87. The van der Waals surface area contributed by atoms with Crippen LogP contribution in [0.3, 0.4) is 0 Å². The Morgan fingerprint density at radius 2 is 2.12 bits per heavy atom. The van der Waals surface area contributed by atoms with Crippen molar-refractivity contribution >= 4 is 0 Å². The summed E-state index contributed by atoms with van der Waals surface area (Å²) in [6.45, 7) is 9.97. The van der Waals surface area contributed by atoms with Gasteiger partial charge in [-0.3, -0.25) is 0 Å². The van der Waals surface area contributed by atoms with Gasteiger partial charge in [0, 0.05) is 18.2 Å². The number of ether oxygens (including phenoxy) is 1. The normalized spacial score (nSPS) is 13.2. The molecule has 0 saturated heterocycles. The predicted molar refractivity (Wildman–Crippen MR) is 69.8 cm³/mol. The van der Waals surface area contributed by atoms with Crippen molar-refractivity contribution in [3.05, 3.63) is 23.7 Å². The second kappa shape index (κ2) is 7.51. The molecule has 0 radical (unpaired) electrons. The largest absolute Gasteiger partial charge is 0.467 e. The molecule has 1 rings (SSSR count). The molecule has 0 aliphatic heterocycles. The van der Waals surface area contributed by atoms with Crippen molar-refractivity contribution in [2.75, 3.05) is 0 Å². The molecule has 1 aromatic heterocycles. The highest BCUT2D eigenvalue weighted by molar-refractivity contribution is 5.12. The Balaban J connectivity index is 2.30. The number of rotatable bonds is 8. The van der Waals surface area contributed by atoms with Gasteiger partial charge in [0.2, 0.25) is 0 Å². The van der Waals surface area contributed by atoms with Crippen molar-refractivity contribution < 1.29 is 9.15 Å². The summed E-state index contributed by atoms with van der Waals surface area (Å²) in [6, 6.07) is 2.56. The minimum absolute atomic E-state index is 0.308. The quantitative estimate of drug-likeness (QED) is 0.754. The Morgan fingerprint density at radius 1 is 1.35 bits per heavy atom. The highest BCUT2D eigenvalue weighted by Crippen LogP contribution is 2.11. The summed E-state index contributed by atoms with van der Waals surface area (Å²) in [4.78, 5) is 0. The maximum absolute atomic E-state index is 5.69. The predicted octanol–water partition coefficient (Wildman–Crippen LogP) is 3.48. The molecule has 1 unspecified atom stereocenters. The van der Waals surface area contributed by atoms with Crippen molar-refractivity contribution in [3.63, 3.8) is 0 Å². The summed E-state index contributed by atoms with van der Waals surface area (Å²) >= 11 is 0. The third kappa shape index (κ3) is 5.89. The summed E-state index contributed by atoms with van der Waals surface area (Å²) in [5, 5.41) is 3.36. The fraction of sp³-hybridized carbons (Fsp3) is 0.714. The number of hydrogen-bond acceptors (Lipinski definition) is 3. The van der Waals surface area contributed by atoms with Gasteiger partial charge in [-0.15, -0.1) is 0 Å². The SMILES string of the molecule is CCCC(C)OCc1cc(CNC(C)C)co1. The average Bonchev–Trinajstić information content (AvgIpc) is 2.72. The maximum Gasteiger partial charge on any atom is 0.129 e. The van der Waals surface area contributed by atoms with Gasteiger partial charge in [0.1, 0.15) is 12.4 Å². The van der Waals surface area contributed by atoms with E-state index in [1.54, 1.807) is 6.26 Å². The molecule has 0 aromatic carbocycles. The van der Waals surface area contributed by atoms with Gasteiger partial charge >= 0.3 is 0 Å². The summed E-state index contributed by atoms with van der Waals surface area (Å²) in [7, 11) is 0. The third-order valence-electron chi connectivity index (χ3n) is 2.63. The molecule has 0 fully saturated rings. The fourth-order valence-electron chi connectivity index (χ4n) is 1.63. The first kappa shape index (κ1) is 14.3. The average molecular weight is 239 g/mol. The maximum atomic E-state index is 5.69. The Labute approximate surface area is 105 Å².